The van der Waals surface area contributed by atoms with E-state index in [0.717, 1.165) is 51.3 Å². The van der Waals surface area contributed by atoms with Crippen molar-refractivity contribution in [2.45, 2.75) is 37.8 Å². The number of anilines is 1. The molecular weight excluding hydrogens is 282 g/mol. The first-order chi connectivity index (χ1) is 10.8. The molecule has 2 amide bonds. The van der Waals surface area contributed by atoms with Gasteiger partial charge in [-0.05, 0) is 31.7 Å². The van der Waals surface area contributed by atoms with Crippen molar-refractivity contribution in [2.75, 3.05) is 31.1 Å². The fourth-order valence-corrected chi connectivity index (χ4v) is 2.98. The van der Waals surface area contributed by atoms with E-state index in [1.54, 1.807) is 12.4 Å². The number of nitrogens with zero attached hydrogens (tertiary/aromatic N) is 3. The zero-order valence-corrected chi connectivity index (χ0v) is 12.7. The second-order valence-electron chi connectivity index (χ2n) is 5.82. The number of carbonyl (C=O) groups is 1. The highest BCUT2D eigenvalue weighted by atomic mass is 16.5. The summed E-state index contributed by atoms with van der Waals surface area (Å²) in [6.45, 7) is 3.07. The summed E-state index contributed by atoms with van der Waals surface area (Å²) < 4.78 is 5.50. The maximum absolute atomic E-state index is 12.0. The molecule has 2 fully saturated rings. The first-order valence-corrected chi connectivity index (χ1v) is 7.99. The van der Waals surface area contributed by atoms with Crippen molar-refractivity contribution < 1.29 is 9.53 Å². The van der Waals surface area contributed by atoms with Crippen LogP contribution >= 0.6 is 0 Å². The number of piperidine rings is 1. The molecule has 2 aliphatic rings. The number of ether oxygens (including phenoxy) is 1. The minimum absolute atomic E-state index is 0.115. The molecule has 2 aliphatic heterocycles. The Kier molecular flexibility index (Phi) is 5.05. The van der Waals surface area contributed by atoms with E-state index < -0.39 is 0 Å². The Morgan fingerprint density at radius 3 is 2.95 bits per heavy atom. The fourth-order valence-electron chi connectivity index (χ4n) is 2.98. The SMILES string of the molecule is O=C(NC[C@@H]1CCCO1)N[C@H]1CCCN(c2ncccn2)C1. The normalized spacial score (nSPS) is 25.0. The van der Waals surface area contributed by atoms with Gasteiger partial charge in [0.05, 0.1) is 6.10 Å². The summed E-state index contributed by atoms with van der Waals surface area (Å²) in [4.78, 5) is 22.7. The average Bonchev–Trinajstić information content (AvgIpc) is 3.08. The number of hydrogen-bond donors (Lipinski definition) is 2. The molecule has 1 aromatic rings. The van der Waals surface area contributed by atoms with Gasteiger partial charge in [-0.3, -0.25) is 0 Å². The highest BCUT2D eigenvalue weighted by Crippen LogP contribution is 2.15. The lowest BCUT2D eigenvalue weighted by atomic mass is 10.1. The molecule has 2 N–H and O–H groups in total. The van der Waals surface area contributed by atoms with Gasteiger partial charge in [0.2, 0.25) is 5.95 Å². The van der Waals surface area contributed by atoms with Gasteiger partial charge in [-0.15, -0.1) is 0 Å². The van der Waals surface area contributed by atoms with Gasteiger partial charge < -0.3 is 20.3 Å². The molecular formula is C15H23N5O2. The van der Waals surface area contributed by atoms with E-state index in [1.165, 1.54) is 0 Å². The Morgan fingerprint density at radius 2 is 2.18 bits per heavy atom. The van der Waals surface area contributed by atoms with Crippen molar-refractivity contribution in [3.63, 3.8) is 0 Å². The van der Waals surface area contributed by atoms with Crippen molar-refractivity contribution in [1.29, 1.82) is 0 Å². The molecule has 7 nitrogen and oxygen atoms in total. The lowest BCUT2D eigenvalue weighted by Gasteiger charge is -2.33. The molecule has 0 unspecified atom stereocenters. The third-order valence-electron chi connectivity index (χ3n) is 4.11. The van der Waals surface area contributed by atoms with E-state index in [0.29, 0.717) is 6.54 Å². The number of carbonyl (C=O) groups excluding carboxylic acids is 1. The fraction of sp³-hybridized carbons (Fsp3) is 0.667. The molecule has 0 radical (unpaired) electrons. The number of nitrogens with one attached hydrogen (secondary N) is 2. The van der Waals surface area contributed by atoms with Gasteiger partial charge >= 0.3 is 6.03 Å². The topological polar surface area (TPSA) is 79.4 Å². The van der Waals surface area contributed by atoms with Gasteiger partial charge in [0.15, 0.2) is 0 Å². The first kappa shape index (κ1) is 15.0. The minimum atomic E-state index is -0.115. The van der Waals surface area contributed by atoms with E-state index >= 15 is 0 Å². The summed E-state index contributed by atoms with van der Waals surface area (Å²) in [6, 6.07) is 1.82. The third-order valence-corrected chi connectivity index (χ3v) is 4.11. The average molecular weight is 305 g/mol. The molecule has 1 aromatic heterocycles. The van der Waals surface area contributed by atoms with Gasteiger partial charge in [-0.1, -0.05) is 0 Å². The quantitative estimate of drug-likeness (QED) is 0.865. The van der Waals surface area contributed by atoms with Crippen LogP contribution in [0.3, 0.4) is 0 Å². The summed E-state index contributed by atoms with van der Waals surface area (Å²) in [5.41, 5.74) is 0. The second-order valence-corrected chi connectivity index (χ2v) is 5.82. The van der Waals surface area contributed by atoms with E-state index in [-0.39, 0.29) is 18.2 Å². The van der Waals surface area contributed by atoms with E-state index in [1.807, 2.05) is 6.07 Å². The van der Waals surface area contributed by atoms with Gasteiger partial charge in [-0.2, -0.15) is 0 Å². The van der Waals surface area contributed by atoms with Crippen LogP contribution in [0.5, 0.6) is 0 Å². The molecule has 0 aromatic carbocycles. The standard InChI is InChI=1S/C15H23N5O2/c21-15(18-10-13-5-2-9-22-13)19-12-4-1-8-20(11-12)14-16-6-3-7-17-14/h3,6-7,12-13H,1-2,4-5,8-11H2,(H2,18,19,21)/t12-,13-/m0/s1. The predicted molar refractivity (Wildman–Crippen MR) is 82.8 cm³/mol. The van der Waals surface area contributed by atoms with Crippen LogP contribution in [-0.2, 0) is 4.74 Å². The number of urea groups is 1. The number of amides is 2. The Labute approximate surface area is 130 Å². The van der Waals surface area contributed by atoms with Gasteiger partial charge in [0.25, 0.3) is 0 Å². The van der Waals surface area contributed by atoms with Crippen LogP contribution < -0.4 is 15.5 Å². The van der Waals surface area contributed by atoms with E-state index in [2.05, 4.69) is 25.5 Å². The van der Waals surface area contributed by atoms with Crippen molar-refractivity contribution >= 4 is 12.0 Å². The zero-order valence-electron chi connectivity index (χ0n) is 12.7. The van der Waals surface area contributed by atoms with Crippen molar-refractivity contribution in [2.24, 2.45) is 0 Å². The molecule has 120 valence electrons. The molecule has 2 atom stereocenters. The molecule has 7 heteroatoms. The molecule has 2 saturated heterocycles. The molecule has 0 bridgehead atoms. The van der Waals surface area contributed by atoms with Crippen LogP contribution in [0.25, 0.3) is 0 Å². The van der Waals surface area contributed by atoms with Crippen molar-refractivity contribution in [3.05, 3.63) is 18.5 Å². The minimum Gasteiger partial charge on any atom is -0.376 e. The number of rotatable bonds is 4. The second kappa shape index (κ2) is 7.40. The zero-order chi connectivity index (χ0) is 15.2. The van der Waals surface area contributed by atoms with Crippen LogP contribution in [0.15, 0.2) is 18.5 Å². The smallest absolute Gasteiger partial charge is 0.315 e. The molecule has 22 heavy (non-hydrogen) atoms. The van der Waals surface area contributed by atoms with Gasteiger partial charge in [0, 0.05) is 44.7 Å². The van der Waals surface area contributed by atoms with Crippen LogP contribution in [-0.4, -0.2) is 54.4 Å². The summed E-state index contributed by atoms with van der Waals surface area (Å²) in [5, 5.41) is 5.94. The third kappa shape index (κ3) is 4.07. The van der Waals surface area contributed by atoms with Crippen LogP contribution in [0.2, 0.25) is 0 Å². The predicted octanol–water partition coefficient (Wildman–Crippen LogP) is 0.924. The van der Waals surface area contributed by atoms with Gasteiger partial charge in [0.1, 0.15) is 0 Å². The molecule has 0 spiro atoms. The highest BCUT2D eigenvalue weighted by Gasteiger charge is 2.23. The van der Waals surface area contributed by atoms with Crippen molar-refractivity contribution in [3.8, 4) is 0 Å². The Balaban J connectivity index is 1.44. The molecule has 3 heterocycles. The maximum atomic E-state index is 12.0. The van der Waals surface area contributed by atoms with Gasteiger partial charge in [-0.25, -0.2) is 14.8 Å². The summed E-state index contributed by atoms with van der Waals surface area (Å²) in [7, 11) is 0. The summed E-state index contributed by atoms with van der Waals surface area (Å²) >= 11 is 0. The highest BCUT2D eigenvalue weighted by molar-refractivity contribution is 5.74. The number of aromatic nitrogens is 2. The lowest BCUT2D eigenvalue weighted by molar-refractivity contribution is 0.111. The first-order valence-electron chi connectivity index (χ1n) is 7.99. The lowest BCUT2D eigenvalue weighted by Crippen LogP contribution is -2.51. The monoisotopic (exact) mass is 305 g/mol. The summed E-state index contributed by atoms with van der Waals surface area (Å²) in [6.07, 6.45) is 7.78. The van der Waals surface area contributed by atoms with Crippen molar-refractivity contribution in [1.82, 2.24) is 20.6 Å². The Bertz CT molecular complexity index is 478. The van der Waals surface area contributed by atoms with Crippen LogP contribution in [0.4, 0.5) is 10.7 Å². The Hall–Kier alpha value is -1.89. The van der Waals surface area contributed by atoms with E-state index in [9.17, 15) is 4.79 Å². The molecule has 3 rings (SSSR count). The van der Waals surface area contributed by atoms with Crippen LogP contribution in [0, 0.1) is 0 Å². The maximum Gasteiger partial charge on any atom is 0.315 e. The Morgan fingerprint density at radius 1 is 1.32 bits per heavy atom. The molecule has 0 saturated carbocycles. The molecule has 0 aliphatic carbocycles. The largest absolute Gasteiger partial charge is 0.376 e. The van der Waals surface area contributed by atoms with Crippen LogP contribution in [0.1, 0.15) is 25.7 Å². The van der Waals surface area contributed by atoms with E-state index in [4.69, 9.17) is 4.74 Å². The summed E-state index contributed by atoms with van der Waals surface area (Å²) in [5.74, 6) is 0.730. The number of hydrogen-bond acceptors (Lipinski definition) is 5.